The van der Waals surface area contributed by atoms with Crippen molar-refractivity contribution in [2.75, 3.05) is 5.32 Å². The summed E-state index contributed by atoms with van der Waals surface area (Å²) in [5.74, 6) is -0.0239. The molecule has 2 aromatic carbocycles. The van der Waals surface area contributed by atoms with Crippen molar-refractivity contribution in [1.29, 1.82) is 0 Å². The normalized spacial score (nSPS) is 12.0. The van der Waals surface area contributed by atoms with Gasteiger partial charge in [0.1, 0.15) is 0 Å². The van der Waals surface area contributed by atoms with E-state index < -0.39 is 0 Å². The molecule has 1 N–H and O–H groups in total. The van der Waals surface area contributed by atoms with Crippen molar-refractivity contribution < 1.29 is 4.79 Å². The molecule has 110 valence electrons. The number of hydrogen-bond acceptors (Lipinski definition) is 2. The Kier molecular flexibility index (Phi) is 5.71. The number of rotatable bonds is 5. The average molecular weight is 320 g/mol. The van der Waals surface area contributed by atoms with Gasteiger partial charge in [0.05, 0.1) is 10.3 Å². The van der Waals surface area contributed by atoms with Gasteiger partial charge in [-0.3, -0.25) is 4.79 Å². The minimum absolute atomic E-state index is 0.0239. The number of hydrogen-bond donors (Lipinski definition) is 1. The van der Waals surface area contributed by atoms with E-state index in [1.807, 2.05) is 55.5 Å². The van der Waals surface area contributed by atoms with Gasteiger partial charge in [0.15, 0.2) is 0 Å². The molecular weight excluding hydrogens is 302 g/mol. The predicted molar refractivity (Wildman–Crippen MR) is 91.2 cm³/mol. The van der Waals surface area contributed by atoms with E-state index >= 15 is 0 Å². The fourth-order valence-electron chi connectivity index (χ4n) is 1.85. The van der Waals surface area contributed by atoms with Crippen molar-refractivity contribution in [2.24, 2.45) is 0 Å². The molecule has 2 nitrogen and oxygen atoms in total. The summed E-state index contributed by atoms with van der Waals surface area (Å²) in [6.45, 7) is 3.99. The van der Waals surface area contributed by atoms with E-state index in [1.165, 1.54) is 17.3 Å². The van der Waals surface area contributed by atoms with Crippen LogP contribution in [0.3, 0.4) is 0 Å². The molecule has 0 aromatic heterocycles. The molecule has 0 spiro atoms. The van der Waals surface area contributed by atoms with Crippen LogP contribution in [0.25, 0.3) is 0 Å². The van der Waals surface area contributed by atoms with Crippen molar-refractivity contribution in [1.82, 2.24) is 0 Å². The summed E-state index contributed by atoms with van der Waals surface area (Å²) in [7, 11) is 0. The van der Waals surface area contributed by atoms with Gasteiger partial charge in [-0.25, -0.2) is 0 Å². The number of thioether (sulfide) groups is 1. The quantitative estimate of drug-likeness (QED) is 0.784. The summed E-state index contributed by atoms with van der Waals surface area (Å²) < 4.78 is 0. The van der Waals surface area contributed by atoms with Crippen molar-refractivity contribution >= 4 is 35.0 Å². The molecule has 4 heteroatoms. The number of carbonyl (C=O) groups is 1. The van der Waals surface area contributed by atoms with Gasteiger partial charge in [0, 0.05) is 10.6 Å². The molecule has 0 aliphatic rings. The summed E-state index contributed by atoms with van der Waals surface area (Å²) in [5.41, 5.74) is 2.08. The number of benzene rings is 2. The van der Waals surface area contributed by atoms with Gasteiger partial charge in [-0.15, -0.1) is 11.8 Å². The molecule has 0 aliphatic carbocycles. The lowest BCUT2D eigenvalue weighted by Gasteiger charge is -2.13. The summed E-state index contributed by atoms with van der Waals surface area (Å²) in [6, 6.07) is 15.5. The number of halogens is 1. The molecule has 21 heavy (non-hydrogen) atoms. The zero-order valence-corrected chi connectivity index (χ0v) is 13.7. The van der Waals surface area contributed by atoms with Gasteiger partial charge in [0.2, 0.25) is 5.91 Å². The van der Waals surface area contributed by atoms with Crippen LogP contribution >= 0.6 is 23.4 Å². The molecule has 2 rings (SSSR count). The van der Waals surface area contributed by atoms with Gasteiger partial charge in [-0.2, -0.15) is 0 Å². The molecule has 0 radical (unpaired) electrons. The highest BCUT2D eigenvalue weighted by atomic mass is 35.5. The Labute approximate surface area is 134 Å². The predicted octanol–water partition coefficient (Wildman–Crippen LogP) is 5.02. The number of aryl methyl sites for hydroxylation is 1. The summed E-state index contributed by atoms with van der Waals surface area (Å²) >= 11 is 7.58. The van der Waals surface area contributed by atoms with Gasteiger partial charge < -0.3 is 5.32 Å². The van der Waals surface area contributed by atoms with E-state index in [-0.39, 0.29) is 11.2 Å². The van der Waals surface area contributed by atoms with Gasteiger partial charge in [-0.05, 0) is 43.2 Å². The van der Waals surface area contributed by atoms with Crippen LogP contribution in [0.1, 0.15) is 19.4 Å². The number of anilines is 1. The first-order valence-corrected chi connectivity index (χ1v) is 8.17. The highest BCUT2D eigenvalue weighted by Gasteiger charge is 2.15. The Morgan fingerprint density at radius 2 is 1.86 bits per heavy atom. The molecule has 0 unspecified atom stereocenters. The largest absolute Gasteiger partial charge is 0.325 e. The molecule has 2 aromatic rings. The van der Waals surface area contributed by atoms with Crippen LogP contribution in [-0.2, 0) is 11.2 Å². The zero-order chi connectivity index (χ0) is 15.2. The highest BCUT2D eigenvalue weighted by Crippen LogP contribution is 2.30. The van der Waals surface area contributed by atoms with E-state index in [4.69, 9.17) is 11.6 Å². The molecule has 0 saturated carbocycles. The minimum Gasteiger partial charge on any atom is -0.325 e. The SMILES string of the molecule is CCc1ccc(NC(=O)[C@H](C)Sc2ccccc2Cl)cc1. The second-order valence-electron chi connectivity index (χ2n) is 4.73. The molecular formula is C17H18ClNOS. The lowest BCUT2D eigenvalue weighted by Crippen LogP contribution is -2.22. The third-order valence-corrected chi connectivity index (χ3v) is 4.76. The third kappa shape index (κ3) is 4.51. The minimum atomic E-state index is -0.212. The Balaban J connectivity index is 1.97. The van der Waals surface area contributed by atoms with Crippen LogP contribution in [0.4, 0.5) is 5.69 Å². The van der Waals surface area contributed by atoms with Gasteiger partial charge in [0.25, 0.3) is 0 Å². The van der Waals surface area contributed by atoms with Crippen molar-refractivity contribution in [3.05, 3.63) is 59.1 Å². The Morgan fingerprint density at radius 1 is 1.19 bits per heavy atom. The van der Waals surface area contributed by atoms with Crippen LogP contribution in [0.15, 0.2) is 53.4 Å². The Hall–Kier alpha value is -1.45. The number of nitrogens with one attached hydrogen (secondary N) is 1. The molecule has 0 saturated heterocycles. The second-order valence-corrected chi connectivity index (χ2v) is 6.52. The van der Waals surface area contributed by atoms with Crippen LogP contribution in [0.5, 0.6) is 0 Å². The Bertz CT molecular complexity index is 612. The summed E-state index contributed by atoms with van der Waals surface area (Å²) in [6.07, 6.45) is 0.993. The first-order valence-electron chi connectivity index (χ1n) is 6.91. The number of carbonyl (C=O) groups excluding carboxylic acids is 1. The maximum absolute atomic E-state index is 12.2. The van der Waals surface area contributed by atoms with E-state index in [0.29, 0.717) is 5.02 Å². The average Bonchev–Trinajstić information content (AvgIpc) is 2.50. The monoisotopic (exact) mass is 319 g/mol. The Morgan fingerprint density at radius 3 is 2.48 bits per heavy atom. The highest BCUT2D eigenvalue weighted by molar-refractivity contribution is 8.00. The number of amides is 1. The second kappa shape index (κ2) is 7.53. The van der Waals surface area contributed by atoms with Gasteiger partial charge in [-0.1, -0.05) is 42.8 Å². The maximum Gasteiger partial charge on any atom is 0.237 e. The first-order chi connectivity index (χ1) is 10.1. The van der Waals surface area contributed by atoms with Crippen LogP contribution in [0, 0.1) is 0 Å². The lowest BCUT2D eigenvalue weighted by atomic mass is 10.1. The van der Waals surface area contributed by atoms with Crippen molar-refractivity contribution in [2.45, 2.75) is 30.4 Å². The summed E-state index contributed by atoms with van der Waals surface area (Å²) in [5, 5.41) is 3.39. The molecule has 0 bridgehead atoms. The smallest absolute Gasteiger partial charge is 0.237 e. The third-order valence-electron chi connectivity index (χ3n) is 3.14. The van der Waals surface area contributed by atoms with E-state index in [9.17, 15) is 4.79 Å². The topological polar surface area (TPSA) is 29.1 Å². The van der Waals surface area contributed by atoms with Crippen molar-refractivity contribution in [3.63, 3.8) is 0 Å². The molecule has 1 atom stereocenters. The first kappa shape index (κ1) is 15.9. The van der Waals surface area contributed by atoms with Crippen LogP contribution < -0.4 is 5.32 Å². The van der Waals surface area contributed by atoms with E-state index in [1.54, 1.807) is 0 Å². The lowest BCUT2D eigenvalue weighted by molar-refractivity contribution is -0.115. The molecule has 1 amide bonds. The summed E-state index contributed by atoms with van der Waals surface area (Å²) in [4.78, 5) is 13.1. The maximum atomic E-state index is 12.2. The van der Waals surface area contributed by atoms with E-state index in [2.05, 4.69) is 12.2 Å². The standard InChI is InChI=1S/C17H18ClNOS/c1-3-13-8-10-14(11-9-13)19-17(20)12(2)21-16-7-5-4-6-15(16)18/h4-12H,3H2,1-2H3,(H,19,20)/t12-/m0/s1. The van der Waals surface area contributed by atoms with E-state index in [0.717, 1.165) is 17.0 Å². The molecule has 0 heterocycles. The van der Waals surface area contributed by atoms with Crippen LogP contribution in [0.2, 0.25) is 5.02 Å². The van der Waals surface area contributed by atoms with Crippen molar-refractivity contribution in [3.8, 4) is 0 Å². The molecule has 0 fully saturated rings. The zero-order valence-electron chi connectivity index (χ0n) is 12.1. The van der Waals surface area contributed by atoms with Crippen LogP contribution in [-0.4, -0.2) is 11.2 Å². The van der Waals surface area contributed by atoms with Gasteiger partial charge >= 0.3 is 0 Å². The fraction of sp³-hybridized carbons (Fsp3) is 0.235. The molecule has 0 aliphatic heterocycles. The fourth-order valence-corrected chi connectivity index (χ4v) is 3.01.